The Labute approximate surface area is 168 Å². The molecule has 1 N–H and O–H groups in total. The molecule has 3 heterocycles. The maximum absolute atomic E-state index is 12.9. The Kier molecular flexibility index (Phi) is 3.95. The van der Waals surface area contributed by atoms with Crippen LogP contribution in [0.25, 0.3) is 5.69 Å². The second-order valence-electron chi connectivity index (χ2n) is 7.41. The summed E-state index contributed by atoms with van der Waals surface area (Å²) in [5.74, 6) is 2.46. The third kappa shape index (κ3) is 2.61. The second-order valence-corrected chi connectivity index (χ2v) is 7.85. The molecule has 0 spiro atoms. The fourth-order valence-corrected chi connectivity index (χ4v) is 4.49. The predicted octanol–water partition coefficient (Wildman–Crippen LogP) is 5.30. The largest absolute Gasteiger partial charge is 0.465 e. The molecule has 142 valence electrons. The van der Waals surface area contributed by atoms with Gasteiger partial charge >= 0.3 is 0 Å². The van der Waals surface area contributed by atoms with Crippen LogP contribution in [0.5, 0.6) is 0 Å². The number of hydrogen-bond donors (Lipinski definition) is 1. The summed E-state index contributed by atoms with van der Waals surface area (Å²) in [6.45, 7) is 3.90. The predicted molar refractivity (Wildman–Crippen MR) is 108 cm³/mol. The first-order valence-corrected chi connectivity index (χ1v) is 9.86. The Hall–Kier alpha value is -2.79. The van der Waals surface area contributed by atoms with Gasteiger partial charge < -0.3 is 9.73 Å². The minimum absolute atomic E-state index is 0.188. The molecule has 2 aromatic heterocycles. The Balaban J connectivity index is 1.75. The number of carbonyl (C=O) groups is 1. The van der Waals surface area contributed by atoms with Crippen molar-refractivity contribution in [2.75, 3.05) is 5.32 Å². The summed E-state index contributed by atoms with van der Waals surface area (Å²) < 4.78 is 7.87. The molecule has 1 aliphatic carbocycles. The summed E-state index contributed by atoms with van der Waals surface area (Å²) in [6.07, 6.45) is 2.28. The van der Waals surface area contributed by atoms with Crippen molar-refractivity contribution in [2.24, 2.45) is 0 Å². The topological polar surface area (TPSA) is 60.1 Å². The van der Waals surface area contributed by atoms with Gasteiger partial charge in [-0.3, -0.25) is 4.79 Å². The van der Waals surface area contributed by atoms with E-state index in [-0.39, 0.29) is 11.7 Å². The van der Waals surface area contributed by atoms with Gasteiger partial charge in [0, 0.05) is 28.3 Å². The van der Waals surface area contributed by atoms with E-state index in [2.05, 4.69) is 5.32 Å². The molecular formula is C22H20ClN3O2. The van der Waals surface area contributed by atoms with E-state index in [0.717, 1.165) is 58.4 Å². The van der Waals surface area contributed by atoms with Crippen molar-refractivity contribution in [2.45, 2.75) is 39.0 Å². The maximum atomic E-state index is 12.9. The molecule has 0 amide bonds. The summed E-state index contributed by atoms with van der Waals surface area (Å²) in [5.41, 5.74) is 4.53. The molecule has 1 aliphatic heterocycles. The third-order valence-corrected chi connectivity index (χ3v) is 5.74. The number of ketones is 1. The highest BCUT2D eigenvalue weighted by Crippen LogP contribution is 2.47. The van der Waals surface area contributed by atoms with E-state index < -0.39 is 0 Å². The van der Waals surface area contributed by atoms with Gasteiger partial charge in [-0.25, -0.2) is 4.68 Å². The highest BCUT2D eigenvalue weighted by molar-refractivity contribution is 6.30. The van der Waals surface area contributed by atoms with Gasteiger partial charge in [0.1, 0.15) is 17.3 Å². The van der Waals surface area contributed by atoms with Crippen molar-refractivity contribution in [1.82, 2.24) is 9.78 Å². The number of anilines is 1. The molecule has 0 saturated heterocycles. The SMILES string of the molecule is Cc1ccc([C@H]2C3=C(CCCC3=O)Nc3c2c(C)nn3-c2cccc(Cl)c2)o1. The second kappa shape index (κ2) is 6.38. The molecule has 5 nitrogen and oxygen atoms in total. The number of benzene rings is 1. The number of aryl methyl sites for hydroxylation is 2. The molecule has 0 unspecified atom stereocenters. The number of carbonyl (C=O) groups excluding carboxylic acids is 1. The van der Waals surface area contributed by atoms with Crippen molar-refractivity contribution in [3.63, 3.8) is 0 Å². The van der Waals surface area contributed by atoms with E-state index in [1.165, 1.54) is 0 Å². The average molecular weight is 394 g/mol. The first kappa shape index (κ1) is 17.3. The van der Waals surface area contributed by atoms with Crippen molar-refractivity contribution in [3.8, 4) is 5.69 Å². The van der Waals surface area contributed by atoms with Crippen LogP contribution < -0.4 is 5.32 Å². The lowest BCUT2D eigenvalue weighted by Crippen LogP contribution is -2.27. The number of furan rings is 1. The van der Waals surface area contributed by atoms with Crippen molar-refractivity contribution < 1.29 is 9.21 Å². The Morgan fingerprint density at radius 1 is 1.21 bits per heavy atom. The van der Waals surface area contributed by atoms with Crippen LogP contribution >= 0.6 is 11.6 Å². The molecule has 2 aliphatic rings. The zero-order valence-corrected chi connectivity index (χ0v) is 16.5. The zero-order valence-electron chi connectivity index (χ0n) is 15.8. The van der Waals surface area contributed by atoms with E-state index in [1.807, 2.05) is 54.9 Å². The lowest BCUT2D eigenvalue weighted by atomic mass is 9.78. The van der Waals surface area contributed by atoms with Crippen molar-refractivity contribution in [3.05, 3.63) is 75.5 Å². The fraction of sp³-hybridized carbons (Fsp3) is 0.273. The summed E-state index contributed by atoms with van der Waals surface area (Å²) in [7, 11) is 0. The molecule has 0 radical (unpaired) electrons. The van der Waals surface area contributed by atoms with Crippen LogP contribution in [-0.2, 0) is 4.79 Å². The molecule has 6 heteroatoms. The van der Waals surface area contributed by atoms with Crippen LogP contribution in [0.3, 0.4) is 0 Å². The number of hydrogen-bond acceptors (Lipinski definition) is 4. The van der Waals surface area contributed by atoms with Gasteiger partial charge in [0.15, 0.2) is 5.78 Å². The number of rotatable bonds is 2. The van der Waals surface area contributed by atoms with Gasteiger partial charge in [-0.05, 0) is 57.0 Å². The number of Topliss-reactive ketones (excluding diaryl/α,β-unsaturated/α-hetero) is 1. The standard InChI is InChI=1S/C22H20ClN3O2/c1-12-9-10-18(28-12)21-19-13(2)25-26(15-6-3-5-14(23)11-15)22(19)24-16-7-4-8-17(27)20(16)21/h3,5-6,9-11,21,24H,4,7-8H2,1-2H3/t21-/m1/s1. The number of aromatic nitrogens is 2. The first-order chi connectivity index (χ1) is 13.5. The van der Waals surface area contributed by atoms with Crippen molar-refractivity contribution in [1.29, 1.82) is 0 Å². The number of fused-ring (bicyclic) bond motifs is 1. The molecule has 5 rings (SSSR count). The van der Waals surface area contributed by atoms with E-state index in [9.17, 15) is 4.79 Å². The van der Waals surface area contributed by atoms with Crippen LogP contribution in [0.4, 0.5) is 5.82 Å². The maximum Gasteiger partial charge on any atom is 0.161 e. The minimum Gasteiger partial charge on any atom is -0.465 e. The lowest BCUT2D eigenvalue weighted by Gasteiger charge is -2.31. The molecule has 1 atom stereocenters. The highest BCUT2D eigenvalue weighted by atomic mass is 35.5. The molecule has 0 fully saturated rings. The van der Waals surface area contributed by atoms with Crippen LogP contribution in [-0.4, -0.2) is 15.6 Å². The summed E-state index contributed by atoms with van der Waals surface area (Å²) in [6, 6.07) is 11.5. The molecule has 3 aromatic rings. The minimum atomic E-state index is -0.235. The Bertz CT molecular complexity index is 1140. The Morgan fingerprint density at radius 3 is 2.82 bits per heavy atom. The van der Waals surface area contributed by atoms with E-state index in [0.29, 0.717) is 11.4 Å². The summed E-state index contributed by atoms with van der Waals surface area (Å²) in [5, 5.41) is 8.96. The first-order valence-electron chi connectivity index (χ1n) is 9.48. The van der Waals surface area contributed by atoms with Crippen LogP contribution in [0.2, 0.25) is 5.02 Å². The van der Waals surface area contributed by atoms with Crippen LogP contribution in [0.1, 0.15) is 48.0 Å². The molecule has 0 bridgehead atoms. The number of nitrogens with zero attached hydrogens (tertiary/aromatic N) is 2. The number of halogens is 1. The van der Waals surface area contributed by atoms with Crippen LogP contribution in [0.15, 0.2) is 52.1 Å². The number of allylic oxidation sites excluding steroid dienone is 2. The monoisotopic (exact) mass is 393 g/mol. The highest BCUT2D eigenvalue weighted by Gasteiger charge is 2.40. The van der Waals surface area contributed by atoms with E-state index >= 15 is 0 Å². The third-order valence-electron chi connectivity index (χ3n) is 5.51. The molecular weight excluding hydrogens is 374 g/mol. The quantitative estimate of drug-likeness (QED) is 0.641. The summed E-state index contributed by atoms with van der Waals surface area (Å²) in [4.78, 5) is 12.9. The smallest absolute Gasteiger partial charge is 0.161 e. The van der Waals surface area contributed by atoms with Crippen LogP contribution in [0, 0.1) is 13.8 Å². The average Bonchev–Trinajstić information content (AvgIpc) is 3.24. The lowest BCUT2D eigenvalue weighted by molar-refractivity contribution is -0.116. The van der Waals surface area contributed by atoms with Gasteiger partial charge in [-0.2, -0.15) is 5.10 Å². The Morgan fingerprint density at radius 2 is 2.07 bits per heavy atom. The van der Waals surface area contributed by atoms with Gasteiger partial charge in [-0.15, -0.1) is 0 Å². The normalized spacial score (nSPS) is 18.7. The van der Waals surface area contributed by atoms with Gasteiger partial charge in [-0.1, -0.05) is 17.7 Å². The number of nitrogens with one attached hydrogen (secondary N) is 1. The van der Waals surface area contributed by atoms with Gasteiger partial charge in [0.05, 0.1) is 17.3 Å². The van der Waals surface area contributed by atoms with Crippen molar-refractivity contribution >= 4 is 23.2 Å². The molecule has 1 aromatic carbocycles. The summed E-state index contributed by atoms with van der Waals surface area (Å²) >= 11 is 6.21. The van der Waals surface area contributed by atoms with Gasteiger partial charge in [0.2, 0.25) is 0 Å². The molecule has 28 heavy (non-hydrogen) atoms. The fourth-order valence-electron chi connectivity index (χ4n) is 4.31. The van der Waals surface area contributed by atoms with Gasteiger partial charge in [0.25, 0.3) is 0 Å². The van der Waals surface area contributed by atoms with E-state index in [1.54, 1.807) is 0 Å². The zero-order chi connectivity index (χ0) is 19.4. The van der Waals surface area contributed by atoms with E-state index in [4.69, 9.17) is 21.1 Å². The molecule has 0 saturated carbocycles.